The third kappa shape index (κ3) is 2.00. The van der Waals surface area contributed by atoms with E-state index in [0.717, 1.165) is 5.69 Å². The Hall–Kier alpha value is -0.790. The lowest BCUT2D eigenvalue weighted by molar-refractivity contribution is 0.475. The van der Waals surface area contributed by atoms with Crippen molar-refractivity contribution in [1.29, 1.82) is 0 Å². The Bertz CT molecular complexity index is 614. The molecule has 2 fully saturated rings. The van der Waals surface area contributed by atoms with E-state index in [0.29, 0.717) is 4.32 Å². The number of phenolic OH excluding ortho intramolecular Hbond substituents is 1. The quantitative estimate of drug-likeness (QED) is 0.791. The van der Waals surface area contributed by atoms with Crippen molar-refractivity contribution >= 4 is 43.8 Å². The number of hydrogen-bond donors (Lipinski definition) is 1. The van der Waals surface area contributed by atoms with Crippen LogP contribution >= 0.6 is 24.0 Å². The largest absolute Gasteiger partial charge is 0.508 e. The molecule has 2 atom stereocenters. The maximum absolute atomic E-state index is 11.7. The summed E-state index contributed by atoms with van der Waals surface area (Å²) in [5.74, 6) is 0.489. The molecule has 2 aliphatic heterocycles. The van der Waals surface area contributed by atoms with Gasteiger partial charge in [0.05, 0.1) is 17.5 Å². The van der Waals surface area contributed by atoms with Crippen LogP contribution in [0.5, 0.6) is 5.75 Å². The summed E-state index contributed by atoms with van der Waals surface area (Å²) >= 11 is 6.75. The highest BCUT2D eigenvalue weighted by Gasteiger charge is 2.48. The molecule has 0 spiro atoms. The molecule has 18 heavy (non-hydrogen) atoms. The molecule has 7 heteroatoms. The minimum atomic E-state index is -2.96. The first-order chi connectivity index (χ1) is 8.46. The van der Waals surface area contributed by atoms with Gasteiger partial charge < -0.3 is 10.0 Å². The van der Waals surface area contributed by atoms with Gasteiger partial charge in [0.2, 0.25) is 0 Å². The Kier molecular flexibility index (Phi) is 2.80. The first-order valence-electron chi connectivity index (χ1n) is 5.45. The van der Waals surface area contributed by atoms with E-state index in [1.165, 1.54) is 11.8 Å². The van der Waals surface area contributed by atoms with Crippen molar-refractivity contribution in [3.05, 3.63) is 24.3 Å². The average Bonchev–Trinajstić information content (AvgIpc) is 2.68. The van der Waals surface area contributed by atoms with Crippen molar-refractivity contribution < 1.29 is 13.5 Å². The molecule has 1 N–H and O–H groups in total. The molecule has 2 aliphatic rings. The van der Waals surface area contributed by atoms with E-state index >= 15 is 0 Å². The van der Waals surface area contributed by atoms with Crippen LogP contribution in [0.2, 0.25) is 0 Å². The van der Waals surface area contributed by atoms with Crippen molar-refractivity contribution in [3.8, 4) is 5.75 Å². The molecule has 4 nitrogen and oxygen atoms in total. The Morgan fingerprint density at radius 3 is 2.89 bits per heavy atom. The minimum Gasteiger partial charge on any atom is -0.508 e. The third-order valence-corrected chi connectivity index (χ3v) is 6.76. The number of thiocarbonyl (C=S) groups is 1. The molecule has 0 amide bonds. The Balaban J connectivity index is 1.99. The summed E-state index contributed by atoms with van der Waals surface area (Å²) in [6, 6.07) is 6.65. The maximum atomic E-state index is 11.7. The van der Waals surface area contributed by atoms with E-state index < -0.39 is 9.84 Å². The molecule has 0 saturated carbocycles. The second kappa shape index (κ2) is 4.11. The van der Waals surface area contributed by atoms with Crippen LogP contribution in [-0.2, 0) is 9.84 Å². The van der Waals surface area contributed by atoms with Crippen LogP contribution < -0.4 is 4.90 Å². The molecule has 0 bridgehead atoms. The van der Waals surface area contributed by atoms with Crippen molar-refractivity contribution in [2.45, 2.75) is 11.3 Å². The van der Waals surface area contributed by atoms with Gasteiger partial charge in [-0.05, 0) is 12.1 Å². The van der Waals surface area contributed by atoms with Crippen molar-refractivity contribution in [2.24, 2.45) is 0 Å². The van der Waals surface area contributed by atoms with Gasteiger partial charge in [-0.25, -0.2) is 8.42 Å². The van der Waals surface area contributed by atoms with Gasteiger partial charge >= 0.3 is 0 Å². The standard InChI is InChI=1S/C11H11NO3S3/c13-8-3-1-2-7(4-8)12-9-5-18(14,15)6-10(9)17-11(12)16/h1-4,9-10,13H,5-6H2/t9-,10+/m1/s1. The summed E-state index contributed by atoms with van der Waals surface area (Å²) in [5, 5.41) is 9.53. The molecule has 0 unspecified atom stereocenters. The molecule has 2 saturated heterocycles. The van der Waals surface area contributed by atoms with Crippen LogP contribution in [0.3, 0.4) is 0 Å². The highest BCUT2D eigenvalue weighted by molar-refractivity contribution is 8.24. The van der Waals surface area contributed by atoms with Crippen LogP contribution in [0.25, 0.3) is 0 Å². The van der Waals surface area contributed by atoms with Gasteiger partial charge in [0, 0.05) is 17.0 Å². The molecule has 96 valence electrons. The van der Waals surface area contributed by atoms with Crippen LogP contribution in [0.15, 0.2) is 24.3 Å². The van der Waals surface area contributed by atoms with E-state index in [-0.39, 0.29) is 28.5 Å². The Morgan fingerprint density at radius 2 is 2.17 bits per heavy atom. The molecule has 1 aromatic rings. The highest BCUT2D eigenvalue weighted by Crippen LogP contribution is 2.41. The van der Waals surface area contributed by atoms with Crippen LogP contribution in [0.1, 0.15) is 0 Å². The van der Waals surface area contributed by atoms with Crippen molar-refractivity contribution in [3.63, 3.8) is 0 Å². The summed E-state index contributed by atoms with van der Waals surface area (Å²) in [6.07, 6.45) is 0. The molecule has 0 aliphatic carbocycles. The number of phenols is 1. The lowest BCUT2D eigenvalue weighted by Crippen LogP contribution is -2.36. The molecular weight excluding hydrogens is 290 g/mol. The number of rotatable bonds is 1. The third-order valence-electron chi connectivity index (χ3n) is 3.16. The highest BCUT2D eigenvalue weighted by atomic mass is 32.2. The first-order valence-corrected chi connectivity index (χ1v) is 8.56. The van der Waals surface area contributed by atoms with Gasteiger partial charge in [-0.2, -0.15) is 0 Å². The maximum Gasteiger partial charge on any atom is 0.153 e. The number of fused-ring (bicyclic) bond motifs is 1. The minimum absolute atomic E-state index is 0.0184. The number of benzene rings is 1. The zero-order valence-electron chi connectivity index (χ0n) is 9.31. The zero-order valence-corrected chi connectivity index (χ0v) is 11.8. The van der Waals surface area contributed by atoms with Crippen LogP contribution in [0, 0.1) is 0 Å². The van der Waals surface area contributed by atoms with Gasteiger partial charge in [-0.15, -0.1) is 0 Å². The predicted molar refractivity (Wildman–Crippen MR) is 77.0 cm³/mol. The predicted octanol–water partition coefficient (Wildman–Crippen LogP) is 1.40. The Morgan fingerprint density at radius 1 is 1.39 bits per heavy atom. The summed E-state index contributed by atoms with van der Waals surface area (Å²) < 4.78 is 24.0. The van der Waals surface area contributed by atoms with Gasteiger partial charge in [-0.1, -0.05) is 30.0 Å². The lowest BCUT2D eigenvalue weighted by Gasteiger charge is -2.24. The first kappa shape index (κ1) is 12.3. The average molecular weight is 301 g/mol. The molecule has 0 aromatic heterocycles. The Labute approximate surface area is 115 Å². The van der Waals surface area contributed by atoms with E-state index in [1.807, 2.05) is 11.0 Å². The second-order valence-electron chi connectivity index (χ2n) is 4.46. The molecular formula is C11H11NO3S3. The zero-order chi connectivity index (χ0) is 12.9. The van der Waals surface area contributed by atoms with Crippen molar-refractivity contribution in [2.75, 3.05) is 16.4 Å². The fourth-order valence-electron chi connectivity index (χ4n) is 2.41. The number of nitrogens with zero attached hydrogens (tertiary/aromatic N) is 1. The van der Waals surface area contributed by atoms with Gasteiger partial charge in [0.25, 0.3) is 0 Å². The number of hydrogen-bond acceptors (Lipinski definition) is 5. The van der Waals surface area contributed by atoms with Crippen molar-refractivity contribution in [1.82, 2.24) is 0 Å². The number of sulfone groups is 1. The lowest BCUT2D eigenvalue weighted by atomic mass is 10.2. The van der Waals surface area contributed by atoms with Crippen LogP contribution in [0.4, 0.5) is 5.69 Å². The van der Waals surface area contributed by atoms with Gasteiger partial charge in [-0.3, -0.25) is 0 Å². The second-order valence-corrected chi connectivity index (χ2v) is 8.48. The van der Waals surface area contributed by atoms with E-state index in [4.69, 9.17) is 12.2 Å². The fraction of sp³-hybridized carbons (Fsp3) is 0.364. The normalized spacial score (nSPS) is 29.6. The topological polar surface area (TPSA) is 57.6 Å². The van der Waals surface area contributed by atoms with Gasteiger partial charge in [0.1, 0.15) is 10.1 Å². The number of anilines is 1. The SMILES string of the molecule is O=S1(=O)C[C@@H]2SC(=S)N(c3cccc(O)c3)[C@@H]2C1. The molecule has 3 rings (SSSR count). The summed E-state index contributed by atoms with van der Waals surface area (Å²) in [4.78, 5) is 1.86. The monoisotopic (exact) mass is 301 g/mol. The van der Waals surface area contributed by atoms with E-state index in [9.17, 15) is 13.5 Å². The molecule has 0 radical (unpaired) electrons. The summed E-state index contributed by atoms with van der Waals surface area (Å²) in [5.41, 5.74) is 0.761. The smallest absolute Gasteiger partial charge is 0.153 e. The molecule has 1 aromatic carbocycles. The number of thioether (sulfide) groups is 1. The van der Waals surface area contributed by atoms with E-state index in [2.05, 4.69) is 0 Å². The van der Waals surface area contributed by atoms with Gasteiger partial charge in [0.15, 0.2) is 9.84 Å². The number of aromatic hydroxyl groups is 1. The summed E-state index contributed by atoms with van der Waals surface area (Å²) in [6.45, 7) is 0. The summed E-state index contributed by atoms with van der Waals surface area (Å²) in [7, 11) is -2.96. The fourth-order valence-corrected chi connectivity index (χ4v) is 6.79. The van der Waals surface area contributed by atoms with Crippen LogP contribution in [-0.4, -0.2) is 40.6 Å². The van der Waals surface area contributed by atoms with E-state index in [1.54, 1.807) is 18.2 Å². The molecule has 2 heterocycles.